The molecule has 1 saturated heterocycles. The first-order valence-electron chi connectivity index (χ1n) is 5.45. The van der Waals surface area contributed by atoms with E-state index in [0.29, 0.717) is 37.5 Å². The Kier molecular flexibility index (Phi) is 4.57. The summed E-state index contributed by atoms with van der Waals surface area (Å²) in [4.78, 5) is 0. The molecule has 0 saturated carbocycles. The van der Waals surface area contributed by atoms with E-state index >= 15 is 0 Å². The summed E-state index contributed by atoms with van der Waals surface area (Å²) in [6.45, 7) is 11.6. The second-order valence-electron chi connectivity index (χ2n) is 4.34. The van der Waals surface area contributed by atoms with Gasteiger partial charge in [0.25, 0.3) is 0 Å². The number of hydrogen-bond donors (Lipinski definition) is 0. The maximum atomic E-state index is 5.99. The Labute approximate surface area is 88.0 Å². The molecule has 0 amide bonds. The zero-order chi connectivity index (χ0) is 10.6. The van der Waals surface area contributed by atoms with E-state index in [1.165, 1.54) is 0 Å². The lowest BCUT2D eigenvalue weighted by Crippen LogP contribution is -2.50. The summed E-state index contributed by atoms with van der Waals surface area (Å²) in [5.41, 5.74) is 1.00. The summed E-state index contributed by atoms with van der Waals surface area (Å²) in [6, 6.07) is 0. The van der Waals surface area contributed by atoms with Crippen LogP contribution in [0.15, 0.2) is 0 Å². The molecule has 0 radical (unpaired) electrons. The number of hydrogen-bond acceptors (Lipinski definition) is 3. The summed E-state index contributed by atoms with van der Waals surface area (Å²) in [7, 11) is -2.00. The topological polar surface area (TPSA) is 27.7 Å². The first-order valence-corrected chi connectivity index (χ1v) is 7.42. The fourth-order valence-corrected chi connectivity index (χ4v) is 5.55. The molecule has 84 valence electrons. The molecule has 14 heavy (non-hydrogen) atoms. The first-order chi connectivity index (χ1) is 6.59. The fraction of sp³-hybridized carbons (Fsp3) is 1.00. The predicted octanol–water partition coefficient (Wildman–Crippen LogP) is 2.31. The molecule has 3 nitrogen and oxygen atoms in total. The van der Waals surface area contributed by atoms with Crippen LogP contribution in [-0.4, -0.2) is 35.0 Å². The van der Waals surface area contributed by atoms with Gasteiger partial charge in [-0.1, -0.05) is 27.7 Å². The van der Waals surface area contributed by atoms with Crippen molar-refractivity contribution in [1.82, 2.24) is 0 Å². The minimum atomic E-state index is -2.00. The molecule has 0 aromatic rings. The summed E-state index contributed by atoms with van der Waals surface area (Å²) in [5.74, 6) is 0. The summed E-state index contributed by atoms with van der Waals surface area (Å²) < 4.78 is 17.3. The van der Waals surface area contributed by atoms with Gasteiger partial charge < -0.3 is 13.6 Å². The molecule has 1 rings (SSSR count). The van der Waals surface area contributed by atoms with E-state index in [1.807, 2.05) is 0 Å². The maximum Gasteiger partial charge on any atom is 0.343 e. The molecule has 1 aliphatic rings. The van der Waals surface area contributed by atoms with Gasteiger partial charge in [-0.25, -0.2) is 0 Å². The molecule has 1 heterocycles. The van der Waals surface area contributed by atoms with Crippen LogP contribution in [-0.2, 0) is 13.6 Å². The average Bonchev–Trinajstić information content (AvgIpc) is 2.02. The van der Waals surface area contributed by atoms with Gasteiger partial charge >= 0.3 is 8.56 Å². The van der Waals surface area contributed by atoms with Crippen LogP contribution < -0.4 is 0 Å². The Hall–Kier alpha value is 0.0969. The second-order valence-corrected chi connectivity index (χ2v) is 8.67. The van der Waals surface area contributed by atoms with Crippen molar-refractivity contribution >= 4 is 8.56 Å². The number of ether oxygens (including phenoxy) is 1. The van der Waals surface area contributed by atoms with Crippen molar-refractivity contribution in [2.24, 2.45) is 0 Å². The van der Waals surface area contributed by atoms with Crippen LogP contribution in [0.4, 0.5) is 0 Å². The maximum absolute atomic E-state index is 5.99. The molecule has 1 aliphatic heterocycles. The van der Waals surface area contributed by atoms with E-state index in [1.54, 1.807) is 0 Å². The Morgan fingerprint density at radius 3 is 1.57 bits per heavy atom. The molecule has 0 spiro atoms. The summed E-state index contributed by atoms with van der Waals surface area (Å²) >= 11 is 0. The lowest BCUT2D eigenvalue weighted by Gasteiger charge is -2.38. The molecule has 0 unspecified atom stereocenters. The number of rotatable bonds is 2. The first kappa shape index (κ1) is 12.2. The van der Waals surface area contributed by atoms with Crippen LogP contribution in [0.1, 0.15) is 27.7 Å². The monoisotopic (exact) mass is 218 g/mol. The standard InChI is InChI=1S/C10H22O3Si/c1-9(2)14(10(3)4)12-7-5-11-6-8-13-14/h9-10H,5-8H2,1-4H3. The van der Waals surface area contributed by atoms with E-state index in [4.69, 9.17) is 13.6 Å². The molecule has 0 aliphatic carbocycles. The zero-order valence-corrected chi connectivity index (χ0v) is 10.7. The van der Waals surface area contributed by atoms with Gasteiger partial charge in [0.05, 0.1) is 26.4 Å². The van der Waals surface area contributed by atoms with Crippen molar-refractivity contribution in [2.45, 2.75) is 38.8 Å². The highest BCUT2D eigenvalue weighted by atomic mass is 28.4. The van der Waals surface area contributed by atoms with Crippen molar-refractivity contribution in [3.63, 3.8) is 0 Å². The highest BCUT2D eigenvalue weighted by Crippen LogP contribution is 2.34. The molecule has 0 aromatic heterocycles. The van der Waals surface area contributed by atoms with E-state index in [9.17, 15) is 0 Å². The van der Waals surface area contributed by atoms with Crippen molar-refractivity contribution in [1.29, 1.82) is 0 Å². The van der Waals surface area contributed by atoms with Gasteiger partial charge in [0, 0.05) is 0 Å². The molecule has 0 atom stereocenters. The van der Waals surface area contributed by atoms with Gasteiger partial charge in [-0.3, -0.25) is 0 Å². The second kappa shape index (κ2) is 5.26. The van der Waals surface area contributed by atoms with E-state index in [-0.39, 0.29) is 0 Å². The lowest BCUT2D eigenvalue weighted by molar-refractivity contribution is 0.0197. The largest absolute Gasteiger partial charge is 0.391 e. The zero-order valence-electron chi connectivity index (χ0n) is 9.71. The van der Waals surface area contributed by atoms with Crippen LogP contribution in [0.3, 0.4) is 0 Å². The SMILES string of the molecule is CC(C)[Si]1(C(C)C)OCCOCCO1. The van der Waals surface area contributed by atoms with E-state index in [0.717, 1.165) is 0 Å². The fourth-order valence-electron chi connectivity index (χ4n) is 2.00. The van der Waals surface area contributed by atoms with Gasteiger partial charge in [-0.15, -0.1) is 0 Å². The van der Waals surface area contributed by atoms with Gasteiger partial charge in [0.15, 0.2) is 0 Å². The van der Waals surface area contributed by atoms with Crippen LogP contribution in [0.5, 0.6) is 0 Å². The van der Waals surface area contributed by atoms with Crippen molar-refractivity contribution in [2.75, 3.05) is 26.4 Å². The quantitative estimate of drug-likeness (QED) is 0.666. The normalized spacial score (nSPS) is 23.6. The van der Waals surface area contributed by atoms with Gasteiger partial charge in [0.1, 0.15) is 0 Å². The molecule has 4 heteroatoms. The Balaban J connectivity index is 2.71. The van der Waals surface area contributed by atoms with Crippen molar-refractivity contribution in [3.05, 3.63) is 0 Å². The lowest BCUT2D eigenvalue weighted by atomic mass is 10.5. The highest BCUT2D eigenvalue weighted by molar-refractivity contribution is 6.70. The molecule has 0 N–H and O–H groups in total. The molecular formula is C10H22O3Si. The third kappa shape index (κ3) is 2.57. The highest BCUT2D eigenvalue weighted by Gasteiger charge is 2.45. The third-order valence-corrected chi connectivity index (χ3v) is 7.25. The van der Waals surface area contributed by atoms with Crippen molar-refractivity contribution < 1.29 is 13.6 Å². The molecule has 0 aromatic carbocycles. The molecule has 0 bridgehead atoms. The Bertz CT molecular complexity index is 153. The van der Waals surface area contributed by atoms with E-state index < -0.39 is 8.56 Å². The predicted molar refractivity (Wildman–Crippen MR) is 58.7 cm³/mol. The van der Waals surface area contributed by atoms with Crippen molar-refractivity contribution in [3.8, 4) is 0 Å². The van der Waals surface area contributed by atoms with Crippen LogP contribution in [0.25, 0.3) is 0 Å². The summed E-state index contributed by atoms with van der Waals surface area (Å²) in [6.07, 6.45) is 0. The smallest absolute Gasteiger partial charge is 0.343 e. The van der Waals surface area contributed by atoms with Crippen LogP contribution in [0.2, 0.25) is 11.1 Å². The third-order valence-electron chi connectivity index (χ3n) is 2.72. The molecular weight excluding hydrogens is 196 g/mol. The van der Waals surface area contributed by atoms with Gasteiger partial charge in [0.2, 0.25) is 0 Å². The Morgan fingerprint density at radius 2 is 1.21 bits per heavy atom. The van der Waals surface area contributed by atoms with Gasteiger partial charge in [-0.2, -0.15) is 0 Å². The molecule has 1 fully saturated rings. The minimum Gasteiger partial charge on any atom is -0.391 e. The average molecular weight is 218 g/mol. The van der Waals surface area contributed by atoms with Crippen LogP contribution >= 0.6 is 0 Å². The van der Waals surface area contributed by atoms with Gasteiger partial charge in [-0.05, 0) is 11.1 Å². The summed E-state index contributed by atoms with van der Waals surface area (Å²) in [5, 5.41) is 0. The van der Waals surface area contributed by atoms with E-state index in [2.05, 4.69) is 27.7 Å². The van der Waals surface area contributed by atoms with Crippen LogP contribution in [0, 0.1) is 0 Å². The minimum absolute atomic E-state index is 0.501. The Morgan fingerprint density at radius 1 is 0.786 bits per heavy atom.